The number of rotatable bonds is 4. The van der Waals surface area contributed by atoms with Gasteiger partial charge in [-0.3, -0.25) is 9.59 Å². The fourth-order valence-electron chi connectivity index (χ4n) is 4.28. The van der Waals surface area contributed by atoms with Crippen LogP contribution in [0.5, 0.6) is 0 Å². The van der Waals surface area contributed by atoms with E-state index in [4.69, 9.17) is 0 Å². The number of carbonyl (C=O) groups is 2. The monoisotopic (exact) mass is 524 g/mol. The Kier molecular flexibility index (Phi) is 6.78. The number of para-hydroxylation sites is 1. The summed E-state index contributed by atoms with van der Waals surface area (Å²) < 4.78 is 0.820. The van der Waals surface area contributed by atoms with Crippen LogP contribution >= 0.6 is 27.3 Å². The molecule has 1 aliphatic carbocycles. The van der Waals surface area contributed by atoms with E-state index in [1.54, 1.807) is 11.3 Å². The standard InChI is InChI=1S/C27H29BrN2O2S/c1-16-9-11-17(12-10-16)24(31)30-26-23(25(32)29-21-8-6-5-7-20(21)28)19-14-13-18(27(2,3)4)15-22(19)33-26/h5-12,18H,13-15H2,1-4H3,(H,29,32)(H,30,31). The number of aryl methyl sites for hydroxylation is 1. The lowest BCUT2D eigenvalue weighted by Gasteiger charge is -2.33. The molecule has 4 rings (SSSR count). The number of halogens is 1. The molecule has 1 unspecified atom stereocenters. The number of hydrogen-bond acceptors (Lipinski definition) is 3. The first-order valence-corrected chi connectivity index (χ1v) is 12.8. The van der Waals surface area contributed by atoms with Crippen molar-refractivity contribution in [2.24, 2.45) is 11.3 Å². The van der Waals surface area contributed by atoms with Gasteiger partial charge in [0.25, 0.3) is 11.8 Å². The summed E-state index contributed by atoms with van der Waals surface area (Å²) in [6, 6.07) is 15.0. The Morgan fingerprint density at radius 1 is 1.00 bits per heavy atom. The van der Waals surface area contributed by atoms with Gasteiger partial charge in [-0.1, -0.05) is 50.6 Å². The number of thiophene rings is 1. The van der Waals surface area contributed by atoms with Crippen molar-refractivity contribution >= 4 is 49.8 Å². The summed E-state index contributed by atoms with van der Waals surface area (Å²) >= 11 is 5.05. The maximum atomic E-state index is 13.5. The number of benzene rings is 2. The van der Waals surface area contributed by atoms with Gasteiger partial charge in [-0.25, -0.2) is 0 Å². The topological polar surface area (TPSA) is 58.2 Å². The van der Waals surface area contributed by atoms with Crippen molar-refractivity contribution in [3.05, 3.63) is 80.1 Å². The van der Waals surface area contributed by atoms with Gasteiger partial charge in [0.1, 0.15) is 5.00 Å². The molecule has 4 nitrogen and oxygen atoms in total. The van der Waals surface area contributed by atoms with Crippen LogP contribution in [0, 0.1) is 18.3 Å². The van der Waals surface area contributed by atoms with Gasteiger partial charge in [0, 0.05) is 14.9 Å². The van der Waals surface area contributed by atoms with E-state index in [9.17, 15) is 9.59 Å². The van der Waals surface area contributed by atoms with Gasteiger partial charge < -0.3 is 10.6 Å². The van der Waals surface area contributed by atoms with Crippen LogP contribution in [0.25, 0.3) is 0 Å². The molecule has 172 valence electrons. The number of fused-ring (bicyclic) bond motifs is 1. The van der Waals surface area contributed by atoms with Gasteiger partial charge in [-0.2, -0.15) is 0 Å². The maximum Gasteiger partial charge on any atom is 0.258 e. The molecule has 0 bridgehead atoms. The molecule has 2 amide bonds. The highest BCUT2D eigenvalue weighted by molar-refractivity contribution is 9.10. The SMILES string of the molecule is Cc1ccc(C(=O)Nc2sc3c(c2C(=O)Nc2ccccc2Br)CCC(C(C)(C)C)C3)cc1. The number of amides is 2. The average molecular weight is 526 g/mol. The second-order valence-corrected chi connectivity index (χ2v) is 11.7. The summed E-state index contributed by atoms with van der Waals surface area (Å²) in [6.07, 6.45) is 2.81. The predicted octanol–water partition coefficient (Wildman–Crippen LogP) is 7.47. The van der Waals surface area contributed by atoms with Crippen LogP contribution in [0.4, 0.5) is 10.7 Å². The Morgan fingerprint density at radius 2 is 1.70 bits per heavy atom. The van der Waals surface area contributed by atoms with Crippen LogP contribution in [-0.4, -0.2) is 11.8 Å². The zero-order valence-corrected chi connectivity index (χ0v) is 21.8. The summed E-state index contributed by atoms with van der Waals surface area (Å²) in [4.78, 5) is 27.7. The van der Waals surface area contributed by atoms with Gasteiger partial charge in [0.15, 0.2) is 0 Å². The molecule has 0 aliphatic heterocycles. The molecule has 0 saturated carbocycles. The highest BCUT2D eigenvalue weighted by atomic mass is 79.9. The molecule has 1 aromatic heterocycles. The molecular weight excluding hydrogens is 496 g/mol. The van der Waals surface area contributed by atoms with E-state index in [0.29, 0.717) is 27.7 Å². The number of hydrogen-bond donors (Lipinski definition) is 2. The van der Waals surface area contributed by atoms with E-state index in [0.717, 1.165) is 34.9 Å². The third kappa shape index (κ3) is 5.22. The molecule has 0 saturated heterocycles. The summed E-state index contributed by atoms with van der Waals surface area (Å²) in [5.74, 6) is 0.159. The minimum Gasteiger partial charge on any atom is -0.321 e. The summed E-state index contributed by atoms with van der Waals surface area (Å²) in [5, 5.41) is 6.71. The molecule has 6 heteroatoms. The molecule has 0 fully saturated rings. The van der Waals surface area contributed by atoms with E-state index in [1.807, 2.05) is 55.5 Å². The lowest BCUT2D eigenvalue weighted by molar-refractivity contribution is 0.102. The van der Waals surface area contributed by atoms with Gasteiger partial charge in [0.2, 0.25) is 0 Å². The van der Waals surface area contributed by atoms with E-state index in [1.165, 1.54) is 4.88 Å². The molecule has 1 aliphatic rings. The smallest absolute Gasteiger partial charge is 0.258 e. The third-order valence-corrected chi connectivity index (χ3v) is 8.24. The van der Waals surface area contributed by atoms with Crippen molar-refractivity contribution in [3.63, 3.8) is 0 Å². The summed E-state index contributed by atoms with van der Waals surface area (Å²) in [5.41, 5.74) is 4.26. The van der Waals surface area contributed by atoms with Gasteiger partial charge in [-0.15, -0.1) is 11.3 Å². The maximum absolute atomic E-state index is 13.5. The summed E-state index contributed by atoms with van der Waals surface area (Å²) in [6.45, 7) is 8.81. The molecule has 1 atom stereocenters. The average Bonchev–Trinajstić information content (AvgIpc) is 3.12. The Bertz CT molecular complexity index is 1190. The molecule has 1 heterocycles. The van der Waals surface area contributed by atoms with Crippen LogP contribution < -0.4 is 10.6 Å². The molecular formula is C27H29BrN2O2S. The predicted molar refractivity (Wildman–Crippen MR) is 141 cm³/mol. The van der Waals surface area contributed by atoms with Crippen molar-refractivity contribution in [1.82, 2.24) is 0 Å². The molecule has 33 heavy (non-hydrogen) atoms. The largest absolute Gasteiger partial charge is 0.321 e. The van der Waals surface area contributed by atoms with Crippen molar-refractivity contribution in [3.8, 4) is 0 Å². The minimum absolute atomic E-state index is 0.187. The van der Waals surface area contributed by atoms with Crippen LogP contribution in [0.2, 0.25) is 0 Å². The first-order chi connectivity index (χ1) is 15.6. The van der Waals surface area contributed by atoms with Crippen LogP contribution in [0.15, 0.2) is 53.0 Å². The highest BCUT2D eigenvalue weighted by Gasteiger charge is 2.34. The Morgan fingerprint density at radius 3 is 2.36 bits per heavy atom. The molecule has 0 radical (unpaired) electrons. The second kappa shape index (κ2) is 9.43. The van der Waals surface area contributed by atoms with Gasteiger partial charge in [-0.05, 0) is 83.3 Å². The van der Waals surface area contributed by atoms with Crippen molar-refractivity contribution in [2.75, 3.05) is 10.6 Å². The fraction of sp³-hybridized carbons (Fsp3) is 0.333. The van der Waals surface area contributed by atoms with E-state index in [-0.39, 0.29) is 17.2 Å². The molecule has 2 aromatic carbocycles. The quantitative estimate of drug-likeness (QED) is 0.371. The second-order valence-electron chi connectivity index (χ2n) is 9.77. The van der Waals surface area contributed by atoms with E-state index in [2.05, 4.69) is 47.3 Å². The lowest BCUT2D eigenvalue weighted by Crippen LogP contribution is -2.27. The number of carbonyl (C=O) groups excluding carboxylic acids is 2. The van der Waals surface area contributed by atoms with Gasteiger partial charge >= 0.3 is 0 Å². The normalized spacial score (nSPS) is 15.6. The first kappa shape index (κ1) is 23.7. The molecule has 0 spiro atoms. The van der Waals surface area contributed by atoms with Gasteiger partial charge in [0.05, 0.1) is 11.3 Å². The fourth-order valence-corrected chi connectivity index (χ4v) is 5.98. The third-order valence-electron chi connectivity index (χ3n) is 6.38. The van der Waals surface area contributed by atoms with E-state index >= 15 is 0 Å². The van der Waals surface area contributed by atoms with Crippen molar-refractivity contribution in [1.29, 1.82) is 0 Å². The molecule has 2 N–H and O–H groups in total. The van der Waals surface area contributed by atoms with Crippen molar-refractivity contribution < 1.29 is 9.59 Å². The molecule has 3 aromatic rings. The number of nitrogens with one attached hydrogen (secondary N) is 2. The van der Waals surface area contributed by atoms with Crippen LogP contribution in [-0.2, 0) is 12.8 Å². The first-order valence-electron chi connectivity index (χ1n) is 11.2. The Hall–Kier alpha value is -2.44. The van der Waals surface area contributed by atoms with E-state index < -0.39 is 0 Å². The Labute approximate surface area is 207 Å². The van der Waals surface area contributed by atoms with Crippen LogP contribution in [0.3, 0.4) is 0 Å². The van der Waals surface area contributed by atoms with Crippen LogP contribution in [0.1, 0.15) is 63.9 Å². The number of anilines is 2. The van der Waals surface area contributed by atoms with Crippen molar-refractivity contribution in [2.45, 2.75) is 47.0 Å². The zero-order valence-electron chi connectivity index (χ0n) is 19.4. The summed E-state index contributed by atoms with van der Waals surface area (Å²) in [7, 11) is 0. The minimum atomic E-state index is -0.198. The Balaban J connectivity index is 1.69. The lowest BCUT2D eigenvalue weighted by atomic mass is 9.72. The highest BCUT2D eigenvalue weighted by Crippen LogP contribution is 2.44. The zero-order chi connectivity index (χ0) is 23.8.